The fraction of sp³-hybridized carbons (Fsp3) is 0.727. The molecule has 0 saturated carbocycles. The van der Waals surface area contributed by atoms with Gasteiger partial charge in [0.1, 0.15) is 6.42 Å². The van der Waals surface area contributed by atoms with Crippen LogP contribution in [0.5, 0.6) is 0 Å². The number of nitrogens with two attached hydrogens (primary N) is 1. The number of Topliss-reactive ketones (excluding diaryl/α,β-unsaturated/α-hetero) is 1. The molecule has 1 unspecified atom stereocenters. The van der Waals surface area contributed by atoms with Crippen LogP contribution in [0.25, 0.3) is 0 Å². The summed E-state index contributed by atoms with van der Waals surface area (Å²) < 4.78 is 4.68. The van der Waals surface area contributed by atoms with Gasteiger partial charge in [-0.05, 0) is 19.9 Å². The lowest BCUT2D eigenvalue weighted by Crippen LogP contribution is -2.31. The molecule has 0 radical (unpaired) electrons. The van der Waals surface area contributed by atoms with Gasteiger partial charge in [0, 0.05) is 6.54 Å². The number of amides is 1. The molecule has 2 N–H and O–H groups in total. The minimum Gasteiger partial charge on any atom is -0.466 e. The van der Waals surface area contributed by atoms with E-state index in [9.17, 15) is 14.4 Å². The van der Waals surface area contributed by atoms with E-state index < -0.39 is 5.97 Å². The molecule has 6 heteroatoms. The fourth-order valence-electron chi connectivity index (χ4n) is 1.89. The van der Waals surface area contributed by atoms with E-state index in [4.69, 9.17) is 5.73 Å². The van der Waals surface area contributed by atoms with Crippen molar-refractivity contribution in [2.75, 3.05) is 26.2 Å². The minimum absolute atomic E-state index is 0.176. The highest BCUT2D eigenvalue weighted by Crippen LogP contribution is 2.15. The summed E-state index contributed by atoms with van der Waals surface area (Å²) in [6.45, 7) is 3.33. The second-order valence-corrected chi connectivity index (χ2v) is 4.14. The molecule has 1 aliphatic heterocycles. The Bertz CT molecular complexity index is 317. The average Bonchev–Trinajstić information content (AvgIpc) is 2.66. The number of primary amides is 1. The molecule has 1 rings (SSSR count). The van der Waals surface area contributed by atoms with Crippen molar-refractivity contribution in [1.29, 1.82) is 0 Å². The molecule has 1 aliphatic rings. The number of rotatable bonds is 6. The molecular weight excluding hydrogens is 224 g/mol. The van der Waals surface area contributed by atoms with Crippen LogP contribution >= 0.6 is 0 Å². The summed E-state index contributed by atoms with van der Waals surface area (Å²) in [5.41, 5.74) is 5.19. The van der Waals surface area contributed by atoms with E-state index in [1.807, 2.05) is 4.90 Å². The Morgan fingerprint density at radius 2 is 2.12 bits per heavy atom. The number of likely N-dealkylation sites (tertiary alicyclic amines) is 1. The van der Waals surface area contributed by atoms with E-state index in [0.717, 1.165) is 0 Å². The maximum absolute atomic E-state index is 11.5. The first-order valence-electron chi connectivity index (χ1n) is 5.72. The van der Waals surface area contributed by atoms with Gasteiger partial charge in [-0.25, -0.2) is 0 Å². The van der Waals surface area contributed by atoms with Crippen molar-refractivity contribution in [3.63, 3.8) is 0 Å². The SMILES string of the molecule is CCOC(=O)CC(=O)CN1CCC(C(N)=O)C1. The number of hydrogen-bond acceptors (Lipinski definition) is 5. The molecule has 1 atom stereocenters. The van der Waals surface area contributed by atoms with Crippen LogP contribution in [-0.2, 0) is 19.1 Å². The lowest BCUT2D eigenvalue weighted by Gasteiger charge is -2.13. The highest BCUT2D eigenvalue weighted by molar-refractivity contribution is 5.96. The van der Waals surface area contributed by atoms with Crippen molar-refractivity contribution in [2.45, 2.75) is 19.8 Å². The van der Waals surface area contributed by atoms with Crippen molar-refractivity contribution in [3.8, 4) is 0 Å². The number of esters is 1. The molecule has 1 fully saturated rings. The summed E-state index contributed by atoms with van der Waals surface area (Å²) in [6.07, 6.45) is 0.480. The molecule has 1 saturated heterocycles. The fourth-order valence-corrected chi connectivity index (χ4v) is 1.89. The van der Waals surface area contributed by atoms with Crippen molar-refractivity contribution < 1.29 is 19.1 Å². The Morgan fingerprint density at radius 1 is 1.41 bits per heavy atom. The lowest BCUT2D eigenvalue weighted by molar-refractivity contribution is -0.145. The zero-order chi connectivity index (χ0) is 12.8. The molecule has 17 heavy (non-hydrogen) atoms. The smallest absolute Gasteiger partial charge is 0.313 e. The molecular formula is C11H18N2O4. The summed E-state index contributed by atoms with van der Waals surface area (Å²) in [5.74, 6) is -1.19. The largest absolute Gasteiger partial charge is 0.466 e. The second-order valence-electron chi connectivity index (χ2n) is 4.14. The maximum Gasteiger partial charge on any atom is 0.313 e. The second kappa shape index (κ2) is 6.34. The Balaban J connectivity index is 2.28. The lowest BCUT2D eigenvalue weighted by atomic mass is 10.1. The van der Waals surface area contributed by atoms with Gasteiger partial charge >= 0.3 is 5.97 Å². The van der Waals surface area contributed by atoms with Gasteiger partial charge in [-0.1, -0.05) is 0 Å². The van der Waals surface area contributed by atoms with E-state index in [1.54, 1.807) is 6.92 Å². The third-order valence-corrected chi connectivity index (χ3v) is 2.72. The van der Waals surface area contributed by atoms with Crippen LogP contribution in [0.15, 0.2) is 0 Å². The molecule has 96 valence electrons. The van der Waals surface area contributed by atoms with Gasteiger partial charge in [-0.2, -0.15) is 0 Å². The van der Waals surface area contributed by atoms with Gasteiger partial charge in [0.2, 0.25) is 5.91 Å². The summed E-state index contributed by atoms with van der Waals surface area (Å²) in [7, 11) is 0. The van der Waals surface area contributed by atoms with Gasteiger partial charge in [-0.15, -0.1) is 0 Å². The molecule has 6 nitrogen and oxygen atoms in total. The van der Waals surface area contributed by atoms with Gasteiger partial charge in [-0.3, -0.25) is 19.3 Å². The third kappa shape index (κ3) is 4.52. The molecule has 1 amide bonds. The van der Waals surface area contributed by atoms with Crippen LogP contribution in [0.2, 0.25) is 0 Å². The van der Waals surface area contributed by atoms with Crippen LogP contribution in [0.3, 0.4) is 0 Å². The number of ether oxygens (including phenoxy) is 1. The van der Waals surface area contributed by atoms with E-state index in [-0.39, 0.29) is 37.2 Å². The van der Waals surface area contributed by atoms with Crippen molar-refractivity contribution in [2.24, 2.45) is 11.7 Å². The van der Waals surface area contributed by atoms with Crippen LogP contribution in [0.4, 0.5) is 0 Å². The molecule has 0 aromatic heterocycles. The Hall–Kier alpha value is -1.43. The molecule has 0 spiro atoms. The zero-order valence-corrected chi connectivity index (χ0v) is 9.98. The predicted octanol–water partition coefficient (Wildman–Crippen LogP) is -0.684. The number of nitrogens with zero attached hydrogens (tertiary/aromatic N) is 1. The Kier molecular flexibility index (Phi) is 5.09. The standard InChI is InChI=1S/C11H18N2O4/c1-2-17-10(15)5-9(14)7-13-4-3-8(6-13)11(12)16/h8H,2-7H2,1H3,(H2,12,16). The van der Waals surface area contributed by atoms with E-state index >= 15 is 0 Å². The number of hydrogen-bond donors (Lipinski definition) is 1. The number of ketones is 1. The third-order valence-electron chi connectivity index (χ3n) is 2.72. The summed E-state index contributed by atoms with van der Waals surface area (Å²) in [6, 6.07) is 0. The highest BCUT2D eigenvalue weighted by Gasteiger charge is 2.27. The normalized spacial score (nSPS) is 20.2. The molecule has 0 bridgehead atoms. The van der Waals surface area contributed by atoms with Crippen LogP contribution in [-0.4, -0.2) is 48.8 Å². The van der Waals surface area contributed by atoms with Gasteiger partial charge in [0.25, 0.3) is 0 Å². The highest BCUT2D eigenvalue weighted by atomic mass is 16.5. The predicted molar refractivity (Wildman–Crippen MR) is 60.0 cm³/mol. The quantitative estimate of drug-likeness (QED) is 0.492. The molecule has 0 aromatic carbocycles. The first kappa shape index (κ1) is 13.6. The van der Waals surface area contributed by atoms with Crippen molar-refractivity contribution in [1.82, 2.24) is 4.90 Å². The van der Waals surface area contributed by atoms with E-state index in [1.165, 1.54) is 0 Å². The summed E-state index contributed by atoms with van der Waals surface area (Å²) >= 11 is 0. The van der Waals surface area contributed by atoms with Gasteiger partial charge < -0.3 is 10.5 Å². The molecule has 1 heterocycles. The van der Waals surface area contributed by atoms with Gasteiger partial charge in [0.05, 0.1) is 19.1 Å². The van der Waals surface area contributed by atoms with Crippen molar-refractivity contribution in [3.05, 3.63) is 0 Å². The number of carbonyl (C=O) groups excluding carboxylic acids is 3. The van der Waals surface area contributed by atoms with Gasteiger partial charge in [0.15, 0.2) is 5.78 Å². The monoisotopic (exact) mass is 242 g/mol. The summed E-state index contributed by atoms with van der Waals surface area (Å²) in [5, 5.41) is 0. The van der Waals surface area contributed by atoms with Crippen LogP contribution in [0.1, 0.15) is 19.8 Å². The maximum atomic E-state index is 11.5. The topological polar surface area (TPSA) is 89.7 Å². The number of carbonyl (C=O) groups is 3. The first-order valence-corrected chi connectivity index (χ1v) is 5.72. The van der Waals surface area contributed by atoms with E-state index in [2.05, 4.69) is 4.74 Å². The van der Waals surface area contributed by atoms with Crippen LogP contribution in [0, 0.1) is 5.92 Å². The average molecular weight is 242 g/mol. The van der Waals surface area contributed by atoms with Crippen LogP contribution < -0.4 is 5.73 Å². The van der Waals surface area contributed by atoms with Crippen molar-refractivity contribution >= 4 is 17.7 Å². The molecule has 0 aromatic rings. The Labute approximate surface area is 100 Å². The summed E-state index contributed by atoms with van der Waals surface area (Å²) in [4.78, 5) is 35.3. The van der Waals surface area contributed by atoms with E-state index in [0.29, 0.717) is 19.5 Å². The Morgan fingerprint density at radius 3 is 2.65 bits per heavy atom. The molecule has 0 aliphatic carbocycles. The first-order chi connectivity index (χ1) is 8.02. The minimum atomic E-state index is -0.497. The zero-order valence-electron chi connectivity index (χ0n) is 9.98.